The van der Waals surface area contributed by atoms with Crippen LogP contribution in [0.2, 0.25) is 0 Å². The molecule has 0 aromatic rings. The van der Waals surface area contributed by atoms with Gasteiger partial charge in [0.15, 0.2) is 0 Å². The van der Waals surface area contributed by atoms with Gasteiger partial charge in [0, 0.05) is 6.54 Å². The first-order chi connectivity index (χ1) is 8.73. The maximum absolute atomic E-state index is 12.4. The van der Waals surface area contributed by atoms with E-state index in [0.717, 1.165) is 39.0 Å². The lowest BCUT2D eigenvalue weighted by molar-refractivity contribution is -0.153. The van der Waals surface area contributed by atoms with Crippen molar-refractivity contribution in [3.63, 3.8) is 0 Å². The van der Waals surface area contributed by atoms with Gasteiger partial charge in [-0.05, 0) is 58.2 Å². The van der Waals surface area contributed by atoms with E-state index in [1.54, 1.807) is 0 Å². The quantitative estimate of drug-likeness (QED) is 0.697. The maximum atomic E-state index is 12.4. The Morgan fingerprint density at radius 3 is 2.50 bits per heavy atom. The van der Waals surface area contributed by atoms with Crippen molar-refractivity contribution in [2.75, 3.05) is 32.8 Å². The summed E-state index contributed by atoms with van der Waals surface area (Å²) in [6.45, 7) is 8.32. The number of nitrogens with zero attached hydrogens (tertiary/aromatic N) is 1. The van der Waals surface area contributed by atoms with Crippen LogP contribution in [0.4, 0.5) is 0 Å². The Kier molecular flexibility index (Phi) is 4.62. The highest BCUT2D eigenvalue weighted by Gasteiger charge is 2.52. The van der Waals surface area contributed by atoms with E-state index < -0.39 is 5.54 Å². The molecule has 1 unspecified atom stereocenters. The highest BCUT2D eigenvalue weighted by Crippen LogP contribution is 2.41. The van der Waals surface area contributed by atoms with Gasteiger partial charge in [-0.2, -0.15) is 0 Å². The first-order valence-corrected chi connectivity index (χ1v) is 7.37. The first kappa shape index (κ1) is 13.8. The number of likely N-dealkylation sites (N-methyl/N-ethyl adjacent to an activating group) is 1. The molecule has 1 N–H and O–H groups in total. The van der Waals surface area contributed by atoms with E-state index in [9.17, 15) is 4.79 Å². The van der Waals surface area contributed by atoms with Crippen molar-refractivity contribution >= 4 is 5.97 Å². The molecule has 1 aliphatic carbocycles. The fourth-order valence-electron chi connectivity index (χ4n) is 3.08. The Balaban J connectivity index is 2.09. The molecule has 0 aromatic carbocycles. The molecule has 18 heavy (non-hydrogen) atoms. The Bertz CT molecular complexity index is 286. The van der Waals surface area contributed by atoms with Gasteiger partial charge in [0.2, 0.25) is 0 Å². The fourth-order valence-corrected chi connectivity index (χ4v) is 3.08. The number of ether oxygens (including phenoxy) is 1. The van der Waals surface area contributed by atoms with Crippen LogP contribution in [-0.2, 0) is 9.53 Å². The highest BCUT2D eigenvalue weighted by atomic mass is 16.5. The van der Waals surface area contributed by atoms with Gasteiger partial charge >= 0.3 is 5.97 Å². The SMILES string of the molecule is CCNC(CN1CCCC1)(C(=O)OCC)C1CC1. The average Bonchev–Trinajstić information content (AvgIpc) is 3.09. The van der Waals surface area contributed by atoms with Gasteiger partial charge in [0.1, 0.15) is 5.54 Å². The van der Waals surface area contributed by atoms with Gasteiger partial charge in [0.05, 0.1) is 6.61 Å². The molecular formula is C14H26N2O2. The molecule has 1 aliphatic heterocycles. The summed E-state index contributed by atoms with van der Waals surface area (Å²) < 4.78 is 5.34. The number of likely N-dealkylation sites (tertiary alicyclic amines) is 1. The normalized spacial score (nSPS) is 23.9. The number of rotatable bonds is 7. The molecule has 1 atom stereocenters. The second-order valence-corrected chi connectivity index (χ2v) is 5.48. The smallest absolute Gasteiger partial charge is 0.327 e. The van der Waals surface area contributed by atoms with Crippen LogP contribution < -0.4 is 5.32 Å². The lowest BCUT2D eigenvalue weighted by Gasteiger charge is -2.36. The van der Waals surface area contributed by atoms with E-state index in [1.165, 1.54) is 12.8 Å². The summed E-state index contributed by atoms with van der Waals surface area (Å²) in [5, 5.41) is 3.45. The summed E-state index contributed by atoms with van der Waals surface area (Å²) in [7, 11) is 0. The Morgan fingerprint density at radius 2 is 2.00 bits per heavy atom. The standard InChI is InChI=1S/C14H26N2O2/c1-3-15-14(12-7-8-12,13(17)18-4-2)11-16-9-5-6-10-16/h12,15H,3-11H2,1-2H3. The van der Waals surface area contributed by atoms with Crippen LogP contribution in [0.15, 0.2) is 0 Å². The third-order valence-corrected chi connectivity index (χ3v) is 4.08. The average molecular weight is 254 g/mol. The van der Waals surface area contributed by atoms with Gasteiger partial charge in [-0.15, -0.1) is 0 Å². The molecule has 1 saturated heterocycles. The van der Waals surface area contributed by atoms with Crippen molar-refractivity contribution in [1.29, 1.82) is 0 Å². The predicted molar refractivity (Wildman–Crippen MR) is 71.4 cm³/mol. The minimum Gasteiger partial charge on any atom is -0.465 e. The molecule has 4 nitrogen and oxygen atoms in total. The molecule has 2 fully saturated rings. The van der Waals surface area contributed by atoms with E-state index in [-0.39, 0.29) is 5.97 Å². The van der Waals surface area contributed by atoms with E-state index >= 15 is 0 Å². The molecule has 1 saturated carbocycles. The van der Waals surface area contributed by atoms with E-state index in [4.69, 9.17) is 4.74 Å². The van der Waals surface area contributed by atoms with Crippen molar-refractivity contribution in [3.8, 4) is 0 Å². The Hall–Kier alpha value is -0.610. The molecule has 2 rings (SSSR count). The van der Waals surface area contributed by atoms with Gasteiger partial charge in [0.25, 0.3) is 0 Å². The second-order valence-electron chi connectivity index (χ2n) is 5.48. The van der Waals surface area contributed by atoms with Crippen molar-refractivity contribution in [2.24, 2.45) is 5.92 Å². The summed E-state index contributed by atoms with van der Waals surface area (Å²) >= 11 is 0. The fraction of sp³-hybridized carbons (Fsp3) is 0.929. The number of carbonyl (C=O) groups excluding carboxylic acids is 1. The van der Waals surface area contributed by atoms with Crippen molar-refractivity contribution in [2.45, 2.75) is 45.1 Å². The first-order valence-electron chi connectivity index (χ1n) is 7.37. The van der Waals surface area contributed by atoms with Crippen LogP contribution in [-0.4, -0.2) is 49.2 Å². The third-order valence-electron chi connectivity index (χ3n) is 4.08. The molecule has 0 bridgehead atoms. The molecule has 4 heteroatoms. The maximum Gasteiger partial charge on any atom is 0.327 e. The summed E-state index contributed by atoms with van der Waals surface area (Å²) in [4.78, 5) is 14.8. The number of esters is 1. The van der Waals surface area contributed by atoms with Crippen molar-refractivity contribution in [3.05, 3.63) is 0 Å². The molecule has 104 valence electrons. The van der Waals surface area contributed by atoms with Crippen molar-refractivity contribution < 1.29 is 9.53 Å². The molecule has 0 radical (unpaired) electrons. The second kappa shape index (κ2) is 6.02. The van der Waals surface area contributed by atoms with E-state index in [1.807, 2.05) is 6.92 Å². The molecule has 0 spiro atoms. The molecule has 0 amide bonds. The van der Waals surface area contributed by atoms with Crippen LogP contribution in [0.25, 0.3) is 0 Å². The summed E-state index contributed by atoms with van der Waals surface area (Å²) in [6.07, 6.45) is 4.82. The largest absolute Gasteiger partial charge is 0.465 e. The molecule has 1 heterocycles. The van der Waals surface area contributed by atoms with Crippen LogP contribution in [0, 0.1) is 5.92 Å². The Labute approximate surface area is 110 Å². The van der Waals surface area contributed by atoms with Crippen LogP contribution in [0.3, 0.4) is 0 Å². The lowest BCUT2D eigenvalue weighted by Crippen LogP contribution is -2.61. The summed E-state index contributed by atoms with van der Waals surface area (Å²) in [5.74, 6) is 0.429. The zero-order valence-electron chi connectivity index (χ0n) is 11.7. The highest BCUT2D eigenvalue weighted by molar-refractivity contribution is 5.82. The zero-order valence-corrected chi connectivity index (χ0v) is 11.7. The number of hydrogen-bond acceptors (Lipinski definition) is 4. The van der Waals surface area contributed by atoms with Gasteiger partial charge in [-0.25, -0.2) is 4.79 Å². The van der Waals surface area contributed by atoms with E-state index in [0.29, 0.717) is 12.5 Å². The molecule has 0 aromatic heterocycles. The van der Waals surface area contributed by atoms with Crippen LogP contribution >= 0.6 is 0 Å². The van der Waals surface area contributed by atoms with E-state index in [2.05, 4.69) is 17.1 Å². The number of nitrogens with one attached hydrogen (secondary N) is 1. The zero-order chi connectivity index (χ0) is 13.0. The topological polar surface area (TPSA) is 41.6 Å². The van der Waals surface area contributed by atoms with Gasteiger partial charge in [-0.3, -0.25) is 0 Å². The lowest BCUT2D eigenvalue weighted by atomic mass is 9.92. The minimum absolute atomic E-state index is 0.0405. The van der Waals surface area contributed by atoms with Crippen LogP contribution in [0.5, 0.6) is 0 Å². The minimum atomic E-state index is -0.449. The monoisotopic (exact) mass is 254 g/mol. The third kappa shape index (κ3) is 2.86. The Morgan fingerprint density at radius 1 is 1.33 bits per heavy atom. The van der Waals surface area contributed by atoms with Gasteiger partial charge in [-0.1, -0.05) is 6.92 Å². The molecule has 2 aliphatic rings. The molecular weight excluding hydrogens is 228 g/mol. The number of hydrogen-bond donors (Lipinski definition) is 1. The summed E-state index contributed by atoms with van der Waals surface area (Å²) in [6, 6.07) is 0. The number of carbonyl (C=O) groups is 1. The summed E-state index contributed by atoms with van der Waals surface area (Å²) in [5.41, 5.74) is -0.449. The van der Waals surface area contributed by atoms with Gasteiger partial charge < -0.3 is 15.0 Å². The van der Waals surface area contributed by atoms with Crippen molar-refractivity contribution in [1.82, 2.24) is 10.2 Å². The predicted octanol–water partition coefficient (Wildman–Crippen LogP) is 1.40. The van der Waals surface area contributed by atoms with Crippen LogP contribution in [0.1, 0.15) is 39.5 Å².